The first-order chi connectivity index (χ1) is 14.4. The van der Waals surface area contributed by atoms with Crippen LogP contribution in [0.15, 0.2) is 53.7 Å². The first kappa shape index (κ1) is 19.5. The molecular weight excluding hydrogens is 382 g/mol. The molecule has 2 heterocycles. The molecule has 0 saturated carbocycles. The van der Waals surface area contributed by atoms with Gasteiger partial charge in [0, 0.05) is 11.3 Å². The lowest BCUT2D eigenvalue weighted by Gasteiger charge is -2.28. The van der Waals surface area contributed by atoms with Crippen LogP contribution in [0.5, 0.6) is 11.5 Å². The van der Waals surface area contributed by atoms with Crippen molar-refractivity contribution in [2.75, 3.05) is 19.5 Å². The monoisotopic (exact) mass is 405 g/mol. The maximum absolute atomic E-state index is 12.4. The molecule has 1 atom stereocenters. The van der Waals surface area contributed by atoms with Gasteiger partial charge in [-0.05, 0) is 37.1 Å². The number of allylic oxidation sites excluding steroid dienone is 1. The number of aryl methyl sites for hydroxylation is 1. The Labute approximate surface area is 174 Å². The highest BCUT2D eigenvalue weighted by Gasteiger charge is 2.34. The maximum atomic E-state index is 12.4. The molecule has 1 aliphatic heterocycles. The van der Waals surface area contributed by atoms with E-state index in [1.807, 2.05) is 43.3 Å². The second-order valence-electron chi connectivity index (χ2n) is 7.06. The Morgan fingerprint density at radius 3 is 2.50 bits per heavy atom. The molecule has 8 heteroatoms. The number of benzene rings is 2. The van der Waals surface area contributed by atoms with E-state index in [1.165, 1.54) is 0 Å². The zero-order valence-electron chi connectivity index (χ0n) is 17.3. The predicted molar refractivity (Wildman–Crippen MR) is 113 cm³/mol. The maximum Gasteiger partial charge on any atom is 0.248 e. The van der Waals surface area contributed by atoms with Gasteiger partial charge in [-0.15, -0.1) is 5.10 Å². The number of nitrogens with one attached hydrogen (secondary N) is 1. The molecule has 1 amide bonds. The van der Waals surface area contributed by atoms with Crippen molar-refractivity contribution in [2.24, 2.45) is 5.73 Å². The summed E-state index contributed by atoms with van der Waals surface area (Å²) in [5.41, 5.74) is 9.57. The molecule has 30 heavy (non-hydrogen) atoms. The zero-order chi connectivity index (χ0) is 21.4. The van der Waals surface area contributed by atoms with Crippen molar-refractivity contribution in [3.8, 4) is 22.9 Å². The fourth-order valence-corrected chi connectivity index (χ4v) is 3.74. The molecule has 0 aliphatic carbocycles. The molecule has 8 nitrogen and oxygen atoms in total. The van der Waals surface area contributed by atoms with Crippen LogP contribution in [-0.2, 0) is 4.79 Å². The van der Waals surface area contributed by atoms with Crippen molar-refractivity contribution in [1.29, 1.82) is 0 Å². The molecule has 2 aromatic carbocycles. The number of rotatable bonds is 5. The summed E-state index contributed by atoms with van der Waals surface area (Å²) in [7, 11) is 3.14. The highest BCUT2D eigenvalue weighted by Crippen LogP contribution is 2.39. The molecule has 0 bridgehead atoms. The largest absolute Gasteiger partial charge is 0.493 e. The van der Waals surface area contributed by atoms with Crippen LogP contribution in [0.2, 0.25) is 0 Å². The summed E-state index contributed by atoms with van der Waals surface area (Å²) in [6.45, 7) is 3.81. The number of anilines is 1. The Kier molecular flexibility index (Phi) is 4.91. The minimum atomic E-state index is -0.552. The van der Waals surface area contributed by atoms with Crippen LogP contribution in [0.3, 0.4) is 0 Å². The molecule has 3 N–H and O–H groups in total. The summed E-state index contributed by atoms with van der Waals surface area (Å²) < 4.78 is 12.5. The Morgan fingerprint density at radius 2 is 1.83 bits per heavy atom. The van der Waals surface area contributed by atoms with Crippen molar-refractivity contribution in [3.05, 3.63) is 64.9 Å². The number of primary amides is 1. The van der Waals surface area contributed by atoms with Gasteiger partial charge in [-0.25, -0.2) is 4.68 Å². The first-order valence-electron chi connectivity index (χ1n) is 9.46. The molecule has 1 aliphatic rings. The van der Waals surface area contributed by atoms with E-state index in [2.05, 4.69) is 10.3 Å². The number of fused-ring (bicyclic) bond motifs is 1. The van der Waals surface area contributed by atoms with Gasteiger partial charge in [0.2, 0.25) is 11.9 Å². The summed E-state index contributed by atoms with van der Waals surface area (Å²) in [6, 6.07) is 12.8. The molecule has 0 fully saturated rings. The van der Waals surface area contributed by atoms with E-state index < -0.39 is 11.9 Å². The van der Waals surface area contributed by atoms with Gasteiger partial charge in [-0.1, -0.05) is 30.3 Å². The van der Waals surface area contributed by atoms with Crippen LogP contribution in [0, 0.1) is 6.92 Å². The van der Waals surface area contributed by atoms with Gasteiger partial charge >= 0.3 is 0 Å². The number of methoxy groups -OCH3 is 2. The summed E-state index contributed by atoms with van der Waals surface area (Å²) in [6.07, 6.45) is 0. The van der Waals surface area contributed by atoms with Gasteiger partial charge in [0.15, 0.2) is 17.3 Å². The van der Waals surface area contributed by atoms with Crippen LogP contribution < -0.4 is 20.5 Å². The van der Waals surface area contributed by atoms with Crippen molar-refractivity contribution in [3.63, 3.8) is 0 Å². The summed E-state index contributed by atoms with van der Waals surface area (Å²) in [5.74, 6) is 1.72. The van der Waals surface area contributed by atoms with Crippen molar-refractivity contribution < 1.29 is 14.3 Å². The summed E-state index contributed by atoms with van der Waals surface area (Å²) in [5, 5.41) is 7.90. The number of aromatic nitrogens is 3. The van der Waals surface area contributed by atoms with E-state index in [0.29, 0.717) is 34.5 Å². The minimum Gasteiger partial charge on any atom is -0.493 e. The first-order valence-corrected chi connectivity index (χ1v) is 9.46. The number of carbonyl (C=O) groups is 1. The fraction of sp³-hybridized carbons (Fsp3) is 0.227. The summed E-state index contributed by atoms with van der Waals surface area (Å²) in [4.78, 5) is 17.1. The Bertz CT molecular complexity index is 1170. The van der Waals surface area contributed by atoms with E-state index in [9.17, 15) is 4.79 Å². The average molecular weight is 405 g/mol. The molecular formula is C22H23N5O3. The van der Waals surface area contributed by atoms with Crippen LogP contribution in [0.4, 0.5) is 5.95 Å². The normalized spacial score (nSPS) is 15.4. The lowest BCUT2D eigenvalue weighted by Crippen LogP contribution is -2.31. The smallest absolute Gasteiger partial charge is 0.248 e. The van der Waals surface area contributed by atoms with Gasteiger partial charge in [0.25, 0.3) is 0 Å². The Morgan fingerprint density at radius 1 is 1.10 bits per heavy atom. The van der Waals surface area contributed by atoms with Gasteiger partial charge in [-0.3, -0.25) is 4.79 Å². The molecule has 0 radical (unpaired) electrons. The van der Waals surface area contributed by atoms with Crippen LogP contribution in [0.1, 0.15) is 24.1 Å². The van der Waals surface area contributed by atoms with Gasteiger partial charge in [0.05, 0.1) is 19.8 Å². The van der Waals surface area contributed by atoms with Gasteiger partial charge in [0.1, 0.15) is 6.04 Å². The lowest BCUT2D eigenvalue weighted by molar-refractivity contribution is -0.115. The second kappa shape index (κ2) is 7.55. The van der Waals surface area contributed by atoms with E-state index in [0.717, 1.165) is 16.7 Å². The van der Waals surface area contributed by atoms with E-state index in [4.69, 9.17) is 20.3 Å². The number of ether oxygens (including phenoxy) is 2. The number of hydrogen-bond acceptors (Lipinski definition) is 6. The fourth-order valence-electron chi connectivity index (χ4n) is 3.74. The SMILES string of the molecule is COc1ccc(C2C(C(N)=O)=C(C)Nc3nc(-c4ccccc4C)nn32)cc1OC. The standard InChI is InChI=1S/C22H23N5O3/c1-12-7-5-6-8-15(12)21-25-22-24-13(2)18(20(23)28)19(27(22)26-21)14-9-10-16(29-3)17(11-14)30-4/h5-11,19H,1-4H3,(H2,23,28)(H,24,25,26). The molecule has 0 saturated heterocycles. The van der Waals surface area contributed by atoms with Crippen LogP contribution >= 0.6 is 0 Å². The lowest BCUT2D eigenvalue weighted by atomic mass is 9.95. The molecule has 1 aromatic heterocycles. The third-order valence-corrected chi connectivity index (χ3v) is 5.23. The van der Waals surface area contributed by atoms with Crippen LogP contribution in [-0.4, -0.2) is 34.9 Å². The minimum absolute atomic E-state index is 0.413. The Balaban J connectivity index is 1.90. The third kappa shape index (κ3) is 3.16. The van der Waals surface area contributed by atoms with Gasteiger partial charge in [-0.2, -0.15) is 4.98 Å². The number of nitrogens with zero attached hydrogens (tertiary/aromatic N) is 3. The average Bonchev–Trinajstić information content (AvgIpc) is 3.15. The van der Waals surface area contributed by atoms with E-state index in [1.54, 1.807) is 31.9 Å². The number of hydrogen-bond donors (Lipinski definition) is 2. The molecule has 1 unspecified atom stereocenters. The summed E-state index contributed by atoms with van der Waals surface area (Å²) >= 11 is 0. The zero-order valence-corrected chi connectivity index (χ0v) is 17.3. The number of nitrogens with two attached hydrogens (primary N) is 1. The number of carbonyl (C=O) groups excluding carboxylic acids is 1. The van der Waals surface area contributed by atoms with Crippen molar-refractivity contribution in [1.82, 2.24) is 14.8 Å². The molecule has 0 spiro atoms. The second-order valence-corrected chi connectivity index (χ2v) is 7.06. The third-order valence-electron chi connectivity index (χ3n) is 5.23. The van der Waals surface area contributed by atoms with E-state index >= 15 is 0 Å². The quantitative estimate of drug-likeness (QED) is 0.676. The van der Waals surface area contributed by atoms with E-state index in [-0.39, 0.29) is 0 Å². The molecule has 4 rings (SSSR count). The predicted octanol–water partition coefficient (Wildman–Crippen LogP) is 3.04. The van der Waals surface area contributed by atoms with Gasteiger partial charge < -0.3 is 20.5 Å². The highest BCUT2D eigenvalue weighted by atomic mass is 16.5. The van der Waals surface area contributed by atoms with Crippen molar-refractivity contribution >= 4 is 11.9 Å². The number of amides is 1. The topological polar surface area (TPSA) is 104 Å². The highest BCUT2D eigenvalue weighted by molar-refractivity contribution is 5.95. The Hall–Kier alpha value is -3.81. The molecule has 154 valence electrons. The van der Waals surface area contributed by atoms with Crippen molar-refractivity contribution in [2.45, 2.75) is 19.9 Å². The van der Waals surface area contributed by atoms with Crippen LogP contribution in [0.25, 0.3) is 11.4 Å². The molecule has 3 aromatic rings.